The number of para-hydroxylation sites is 3. The first-order valence-electron chi connectivity index (χ1n) is 14.2. The summed E-state index contributed by atoms with van der Waals surface area (Å²) in [5, 5.41) is 7.39. The molecule has 4 aromatic heterocycles. The number of hydrogen-bond donors (Lipinski definition) is 0. The van der Waals surface area contributed by atoms with Crippen LogP contribution in [0.4, 0.5) is 0 Å². The van der Waals surface area contributed by atoms with Crippen LogP contribution in [0, 0.1) is 0 Å². The molecule has 10 rings (SSSR count). The molecule has 0 amide bonds. The molecule has 0 saturated heterocycles. The molecule has 194 valence electrons. The smallest absolute Gasteiger partial charge is 0.138 e. The predicted octanol–water partition coefficient (Wildman–Crippen LogP) is 9.47. The molecule has 0 fully saturated rings. The molecule has 4 nitrogen and oxygen atoms in total. The van der Waals surface area contributed by atoms with Crippen molar-refractivity contribution in [2.24, 2.45) is 0 Å². The number of rotatable bonds is 2. The first-order chi connectivity index (χ1) is 20.8. The fraction of sp³-hybridized carbons (Fsp3) is 0. The van der Waals surface area contributed by atoms with Gasteiger partial charge in [-0.15, -0.1) is 0 Å². The maximum Gasteiger partial charge on any atom is 0.138 e. The van der Waals surface area contributed by atoms with Gasteiger partial charge in [0.2, 0.25) is 0 Å². The highest BCUT2D eigenvalue weighted by Crippen LogP contribution is 2.47. The number of benzene rings is 5. The standard InChI is InChI=1S/C38H22N4/c1-4-13-33-25(9-1)26-10-2-5-14-34(26)41(33)24-16-17-36-30(18-24)27-11-3-6-15-35(27)42(36)37-19-29-28-12-7-8-23-20-39-21-32(38(23)28)31(29)22-40-37/h1-22H. The number of hydrogen-bond acceptors (Lipinski definition) is 2. The van der Waals surface area contributed by atoms with Crippen LogP contribution < -0.4 is 0 Å². The molecule has 4 heteroatoms. The highest BCUT2D eigenvalue weighted by molar-refractivity contribution is 6.15. The third-order valence-corrected chi connectivity index (χ3v) is 8.98. The van der Waals surface area contributed by atoms with Crippen LogP contribution in [0.1, 0.15) is 0 Å². The summed E-state index contributed by atoms with van der Waals surface area (Å²) in [7, 11) is 0. The van der Waals surface area contributed by atoms with Gasteiger partial charge >= 0.3 is 0 Å². The summed E-state index contributed by atoms with van der Waals surface area (Å²) in [6.07, 6.45) is 5.94. The Kier molecular flexibility index (Phi) is 4.15. The first kappa shape index (κ1) is 22.0. The molecule has 1 aliphatic rings. The van der Waals surface area contributed by atoms with Crippen molar-refractivity contribution in [1.29, 1.82) is 0 Å². The monoisotopic (exact) mass is 534 g/mol. The van der Waals surface area contributed by atoms with Gasteiger partial charge in [-0.2, -0.15) is 0 Å². The minimum atomic E-state index is 0.919. The van der Waals surface area contributed by atoms with E-state index in [2.05, 4.69) is 129 Å². The van der Waals surface area contributed by atoms with Crippen LogP contribution in [-0.4, -0.2) is 19.1 Å². The van der Waals surface area contributed by atoms with E-state index in [0.717, 1.165) is 39.1 Å². The summed E-state index contributed by atoms with van der Waals surface area (Å²) in [4.78, 5) is 9.55. The minimum Gasteiger partial charge on any atom is -0.309 e. The lowest BCUT2D eigenvalue weighted by Crippen LogP contribution is -1.98. The van der Waals surface area contributed by atoms with Gasteiger partial charge in [-0.25, -0.2) is 4.98 Å². The third-order valence-electron chi connectivity index (χ3n) is 8.98. The Morgan fingerprint density at radius 1 is 0.429 bits per heavy atom. The first-order valence-corrected chi connectivity index (χ1v) is 14.2. The van der Waals surface area contributed by atoms with Crippen LogP contribution in [0.25, 0.3) is 88.1 Å². The Hall–Kier alpha value is -5.74. The molecule has 0 atom stereocenters. The SMILES string of the molecule is c1cc2c3c(cncc3c1)-c1cnc(-n3c4ccccc4c4cc(-n5c6ccccc6c6ccccc65)ccc43)cc1-2. The van der Waals surface area contributed by atoms with Crippen LogP contribution >= 0.6 is 0 Å². The molecule has 0 unspecified atom stereocenters. The van der Waals surface area contributed by atoms with Crippen molar-refractivity contribution < 1.29 is 0 Å². The number of fused-ring (bicyclic) bond motifs is 9. The van der Waals surface area contributed by atoms with E-state index in [9.17, 15) is 0 Å². The van der Waals surface area contributed by atoms with Gasteiger partial charge in [0.1, 0.15) is 5.82 Å². The zero-order chi connectivity index (χ0) is 27.4. The summed E-state index contributed by atoms with van der Waals surface area (Å²) < 4.78 is 4.69. The summed E-state index contributed by atoms with van der Waals surface area (Å²) >= 11 is 0. The van der Waals surface area contributed by atoms with Crippen molar-refractivity contribution in [1.82, 2.24) is 19.1 Å². The van der Waals surface area contributed by atoms with E-state index in [0.29, 0.717) is 0 Å². The van der Waals surface area contributed by atoms with Gasteiger partial charge in [-0.3, -0.25) is 9.55 Å². The van der Waals surface area contributed by atoms with Crippen molar-refractivity contribution in [3.63, 3.8) is 0 Å². The zero-order valence-electron chi connectivity index (χ0n) is 22.5. The molecule has 0 bridgehead atoms. The molecule has 9 aromatic rings. The summed E-state index contributed by atoms with van der Waals surface area (Å²) in [5.41, 5.74) is 10.6. The summed E-state index contributed by atoms with van der Waals surface area (Å²) in [6.45, 7) is 0. The molecule has 0 spiro atoms. The normalized spacial score (nSPS) is 12.3. The second kappa shape index (κ2) is 7.93. The molecular weight excluding hydrogens is 512 g/mol. The van der Waals surface area contributed by atoms with E-state index < -0.39 is 0 Å². The lowest BCUT2D eigenvalue weighted by Gasteiger charge is -2.11. The van der Waals surface area contributed by atoms with Gasteiger partial charge in [0.15, 0.2) is 0 Å². The Labute approximate surface area is 240 Å². The highest BCUT2D eigenvalue weighted by atomic mass is 15.1. The quantitative estimate of drug-likeness (QED) is 0.221. The van der Waals surface area contributed by atoms with Crippen LogP contribution in [0.2, 0.25) is 0 Å². The number of pyridine rings is 2. The minimum absolute atomic E-state index is 0.919. The van der Waals surface area contributed by atoms with Gasteiger partial charge < -0.3 is 4.57 Å². The van der Waals surface area contributed by atoms with Crippen LogP contribution in [0.5, 0.6) is 0 Å². The fourth-order valence-corrected chi connectivity index (χ4v) is 7.22. The lowest BCUT2D eigenvalue weighted by atomic mass is 10.1. The van der Waals surface area contributed by atoms with Crippen molar-refractivity contribution >= 4 is 54.4 Å². The molecule has 0 N–H and O–H groups in total. The van der Waals surface area contributed by atoms with E-state index in [1.165, 1.54) is 49.1 Å². The zero-order valence-corrected chi connectivity index (χ0v) is 22.5. The second-order valence-corrected chi connectivity index (χ2v) is 11.1. The van der Waals surface area contributed by atoms with Crippen LogP contribution in [0.3, 0.4) is 0 Å². The Morgan fingerprint density at radius 3 is 1.86 bits per heavy atom. The van der Waals surface area contributed by atoms with Crippen LogP contribution in [-0.2, 0) is 0 Å². The van der Waals surface area contributed by atoms with Crippen molar-refractivity contribution in [2.75, 3.05) is 0 Å². The average molecular weight is 535 g/mol. The largest absolute Gasteiger partial charge is 0.309 e. The third kappa shape index (κ3) is 2.76. The fourth-order valence-electron chi connectivity index (χ4n) is 7.22. The molecule has 0 radical (unpaired) electrons. The molecule has 1 aliphatic carbocycles. The van der Waals surface area contributed by atoms with Gasteiger partial charge in [-0.1, -0.05) is 72.8 Å². The van der Waals surface area contributed by atoms with E-state index in [-0.39, 0.29) is 0 Å². The summed E-state index contributed by atoms with van der Waals surface area (Å²) in [6, 6.07) is 41.5. The Morgan fingerprint density at radius 2 is 1.10 bits per heavy atom. The van der Waals surface area contributed by atoms with Crippen molar-refractivity contribution in [3.8, 4) is 33.8 Å². The van der Waals surface area contributed by atoms with Gasteiger partial charge in [0.05, 0.1) is 22.1 Å². The maximum atomic E-state index is 5.05. The number of nitrogens with zero attached hydrogens (tertiary/aromatic N) is 4. The molecule has 5 aromatic carbocycles. The van der Waals surface area contributed by atoms with Crippen molar-refractivity contribution in [3.05, 3.63) is 134 Å². The molecule has 0 saturated carbocycles. The maximum absolute atomic E-state index is 5.05. The molecule has 42 heavy (non-hydrogen) atoms. The predicted molar refractivity (Wildman–Crippen MR) is 173 cm³/mol. The van der Waals surface area contributed by atoms with E-state index in [1.54, 1.807) is 0 Å². The Bertz CT molecular complexity index is 2530. The second-order valence-electron chi connectivity index (χ2n) is 11.1. The van der Waals surface area contributed by atoms with Gasteiger partial charge in [0.25, 0.3) is 0 Å². The topological polar surface area (TPSA) is 35.6 Å². The molecule has 0 aliphatic heterocycles. The van der Waals surface area contributed by atoms with Gasteiger partial charge in [0, 0.05) is 67.7 Å². The highest BCUT2D eigenvalue weighted by Gasteiger charge is 2.24. The average Bonchev–Trinajstić information content (AvgIpc) is 3.68. The van der Waals surface area contributed by atoms with Crippen LogP contribution in [0.15, 0.2) is 134 Å². The Balaban J connectivity index is 1.24. The van der Waals surface area contributed by atoms with Gasteiger partial charge in [-0.05, 0) is 53.6 Å². The van der Waals surface area contributed by atoms with E-state index in [1.807, 2.05) is 18.6 Å². The molecular formula is C38H22N4. The number of aromatic nitrogens is 4. The molecule has 4 heterocycles. The lowest BCUT2D eigenvalue weighted by molar-refractivity contribution is 1.08. The summed E-state index contributed by atoms with van der Waals surface area (Å²) in [5.74, 6) is 0.919. The van der Waals surface area contributed by atoms with E-state index >= 15 is 0 Å². The van der Waals surface area contributed by atoms with Crippen molar-refractivity contribution in [2.45, 2.75) is 0 Å². The van der Waals surface area contributed by atoms with E-state index in [4.69, 9.17) is 4.98 Å².